The molecule has 0 atom stereocenters. The molecule has 0 spiro atoms. The van der Waals surface area contributed by atoms with Crippen molar-refractivity contribution in [3.8, 4) is 6.07 Å². The molecule has 0 unspecified atom stereocenters. The number of aliphatic imine (C=N–C) groups is 2. The second-order valence-corrected chi connectivity index (χ2v) is 2.89. The van der Waals surface area contributed by atoms with Crippen LogP contribution in [0.25, 0.3) is 0 Å². The summed E-state index contributed by atoms with van der Waals surface area (Å²) >= 11 is 0. The third kappa shape index (κ3) is 3.87. The maximum Gasteiger partial charge on any atom is 0.433 e. The molecule has 0 rings (SSSR count). The smallest absolute Gasteiger partial charge is 0.284 e. The van der Waals surface area contributed by atoms with Crippen molar-refractivity contribution in [3.63, 3.8) is 0 Å². The molecule has 0 aliphatic rings. The third-order valence-corrected chi connectivity index (χ3v) is 1.75. The highest BCUT2D eigenvalue weighted by Crippen LogP contribution is 2.34. The molecule has 0 aromatic heterocycles. The Hall–Kier alpha value is -1.85. The molecule has 0 saturated heterocycles. The summed E-state index contributed by atoms with van der Waals surface area (Å²) < 4.78 is 74.8. The van der Waals surface area contributed by atoms with Gasteiger partial charge >= 0.3 is 12.4 Å². The second-order valence-electron chi connectivity index (χ2n) is 2.89. The van der Waals surface area contributed by atoms with Gasteiger partial charge in [-0.2, -0.15) is 31.6 Å². The summed E-state index contributed by atoms with van der Waals surface area (Å²) in [6, 6.07) is 1.22. The van der Waals surface area contributed by atoms with Gasteiger partial charge in [0.25, 0.3) is 0 Å². The molecule has 0 aliphatic carbocycles. The average Bonchev–Trinajstić information content (AvgIpc) is 2.15. The van der Waals surface area contributed by atoms with Crippen LogP contribution in [0.1, 0.15) is 6.42 Å². The number of nitriles is 1. The number of nitrogens with zero attached hydrogens (tertiary/aromatic N) is 3. The molecule has 3 nitrogen and oxygen atoms in total. The number of allylic oxidation sites excluding steroid dienone is 2. The van der Waals surface area contributed by atoms with E-state index in [-0.39, 0.29) is 0 Å². The topological polar surface area (TPSA) is 48.5 Å². The van der Waals surface area contributed by atoms with E-state index in [1.807, 2.05) is 0 Å². The minimum atomic E-state index is -5.14. The lowest BCUT2D eigenvalue weighted by molar-refractivity contribution is -0.0932. The van der Waals surface area contributed by atoms with Crippen LogP contribution >= 0.6 is 0 Å². The SMILES string of the molecule is C=N/C(=C(CC#N)\C(=N/C)C(F)(F)F)C(F)(F)F. The van der Waals surface area contributed by atoms with Gasteiger partial charge in [-0.15, -0.1) is 0 Å². The first-order valence-electron chi connectivity index (χ1n) is 4.28. The Kier molecular flexibility index (Phi) is 5.08. The highest BCUT2D eigenvalue weighted by molar-refractivity contribution is 6.05. The highest BCUT2D eigenvalue weighted by atomic mass is 19.4. The molecule has 0 saturated carbocycles. The predicted octanol–water partition coefficient (Wildman–Crippen LogP) is 3.05. The van der Waals surface area contributed by atoms with Crippen LogP contribution in [0.15, 0.2) is 21.3 Å². The fourth-order valence-electron chi connectivity index (χ4n) is 1.15. The lowest BCUT2D eigenvalue weighted by Crippen LogP contribution is -2.28. The van der Waals surface area contributed by atoms with Gasteiger partial charge in [0.15, 0.2) is 0 Å². The van der Waals surface area contributed by atoms with Gasteiger partial charge in [-0.1, -0.05) is 0 Å². The van der Waals surface area contributed by atoms with Gasteiger partial charge in [-0.05, 0) is 6.72 Å². The summed E-state index contributed by atoms with van der Waals surface area (Å²) in [6.45, 7) is 2.57. The minimum absolute atomic E-state index is 0.678. The Balaban J connectivity index is 6.08. The van der Waals surface area contributed by atoms with Crippen LogP contribution in [0.3, 0.4) is 0 Å². The zero-order valence-corrected chi connectivity index (χ0v) is 9.02. The Morgan fingerprint density at radius 2 is 1.67 bits per heavy atom. The van der Waals surface area contributed by atoms with Crippen molar-refractivity contribution in [1.82, 2.24) is 0 Å². The summed E-state index contributed by atoms with van der Waals surface area (Å²) in [5.74, 6) is 0. The van der Waals surface area contributed by atoms with Crippen LogP contribution in [0.2, 0.25) is 0 Å². The van der Waals surface area contributed by atoms with E-state index in [1.54, 1.807) is 0 Å². The van der Waals surface area contributed by atoms with Gasteiger partial charge in [-0.25, -0.2) is 0 Å². The van der Waals surface area contributed by atoms with Gasteiger partial charge < -0.3 is 0 Å². The molecule has 0 radical (unpaired) electrons. The number of rotatable bonds is 3. The number of halogens is 6. The maximum atomic E-state index is 12.5. The van der Waals surface area contributed by atoms with Crippen LogP contribution in [-0.2, 0) is 0 Å². The van der Waals surface area contributed by atoms with Crippen molar-refractivity contribution >= 4 is 12.4 Å². The Morgan fingerprint density at radius 3 is 1.89 bits per heavy atom. The van der Waals surface area contributed by atoms with Gasteiger partial charge in [0, 0.05) is 12.6 Å². The van der Waals surface area contributed by atoms with E-state index in [4.69, 9.17) is 5.26 Å². The van der Waals surface area contributed by atoms with Crippen LogP contribution < -0.4 is 0 Å². The molecule has 0 N–H and O–H groups in total. The third-order valence-electron chi connectivity index (χ3n) is 1.75. The van der Waals surface area contributed by atoms with E-state index in [0.717, 1.165) is 0 Å². The van der Waals surface area contributed by atoms with E-state index in [1.165, 1.54) is 6.07 Å². The van der Waals surface area contributed by atoms with Crippen molar-refractivity contribution < 1.29 is 26.3 Å². The molecule has 100 valence electrons. The van der Waals surface area contributed by atoms with Crippen LogP contribution in [-0.4, -0.2) is 31.8 Å². The van der Waals surface area contributed by atoms with Crippen LogP contribution in [0.5, 0.6) is 0 Å². The van der Waals surface area contributed by atoms with Crippen LogP contribution in [0.4, 0.5) is 26.3 Å². The van der Waals surface area contributed by atoms with Gasteiger partial charge in [0.05, 0.1) is 12.5 Å². The number of hydrogen-bond donors (Lipinski definition) is 0. The molecule has 0 aliphatic heterocycles. The Bertz CT molecular complexity index is 421. The zero-order valence-electron chi connectivity index (χ0n) is 9.02. The molecular formula is C9H7F6N3. The summed E-state index contributed by atoms with van der Waals surface area (Å²) in [6.07, 6.45) is -11.4. The van der Waals surface area contributed by atoms with E-state index < -0.39 is 35.8 Å². The van der Waals surface area contributed by atoms with Gasteiger partial charge in [0.2, 0.25) is 0 Å². The van der Waals surface area contributed by atoms with Gasteiger partial charge in [0.1, 0.15) is 11.4 Å². The standard InChI is InChI=1S/C9H7F6N3/c1-17-6(8(10,11)12)5(3-4-16)7(18-2)9(13,14)15/h1,3H2,2H3/b6-5-,18-7+. The maximum absolute atomic E-state index is 12.5. The van der Waals surface area contributed by atoms with Crippen molar-refractivity contribution in [1.29, 1.82) is 5.26 Å². The summed E-state index contributed by atoms with van der Waals surface area (Å²) in [4.78, 5) is 5.29. The molecule has 0 amide bonds. The van der Waals surface area contributed by atoms with Crippen molar-refractivity contribution in [2.45, 2.75) is 18.8 Å². The van der Waals surface area contributed by atoms with Crippen molar-refractivity contribution in [2.24, 2.45) is 9.98 Å². The fourth-order valence-corrected chi connectivity index (χ4v) is 1.15. The zero-order chi connectivity index (χ0) is 14.6. The predicted molar refractivity (Wildman–Crippen MR) is 52.3 cm³/mol. The molecule has 0 aromatic rings. The molecule has 0 bridgehead atoms. The van der Waals surface area contributed by atoms with Gasteiger partial charge in [-0.3, -0.25) is 9.98 Å². The quantitative estimate of drug-likeness (QED) is 0.575. The average molecular weight is 271 g/mol. The van der Waals surface area contributed by atoms with Crippen LogP contribution in [0, 0.1) is 11.3 Å². The van der Waals surface area contributed by atoms with Crippen molar-refractivity contribution in [3.05, 3.63) is 11.3 Å². The van der Waals surface area contributed by atoms with E-state index in [0.29, 0.717) is 7.05 Å². The summed E-state index contributed by atoms with van der Waals surface area (Å²) in [5.41, 5.74) is -4.99. The monoisotopic (exact) mass is 271 g/mol. The fraction of sp³-hybridized carbons (Fsp3) is 0.444. The summed E-state index contributed by atoms with van der Waals surface area (Å²) in [7, 11) is 0.678. The normalized spacial score (nSPS) is 14.9. The van der Waals surface area contributed by atoms with E-state index in [9.17, 15) is 26.3 Å². The molecule has 0 fully saturated rings. The minimum Gasteiger partial charge on any atom is -0.284 e. The molecular weight excluding hydrogens is 264 g/mol. The molecule has 9 heteroatoms. The largest absolute Gasteiger partial charge is 0.433 e. The Labute approximate surface area is 98.1 Å². The lowest BCUT2D eigenvalue weighted by atomic mass is 10.0. The summed E-state index contributed by atoms with van der Waals surface area (Å²) in [5, 5.41) is 8.32. The second kappa shape index (κ2) is 5.66. The van der Waals surface area contributed by atoms with E-state index in [2.05, 4.69) is 16.7 Å². The number of hydrogen-bond acceptors (Lipinski definition) is 3. The van der Waals surface area contributed by atoms with Crippen molar-refractivity contribution in [2.75, 3.05) is 7.05 Å². The molecule has 0 heterocycles. The molecule has 0 aromatic carbocycles. The first kappa shape index (κ1) is 16.1. The Morgan fingerprint density at radius 1 is 1.17 bits per heavy atom. The number of alkyl halides is 6. The first-order chi connectivity index (χ1) is 8.09. The lowest BCUT2D eigenvalue weighted by Gasteiger charge is -2.16. The van der Waals surface area contributed by atoms with E-state index >= 15 is 0 Å². The molecule has 18 heavy (non-hydrogen) atoms. The highest BCUT2D eigenvalue weighted by Gasteiger charge is 2.44. The first-order valence-corrected chi connectivity index (χ1v) is 4.28.